The lowest BCUT2D eigenvalue weighted by Gasteiger charge is -2.08. The quantitative estimate of drug-likeness (QED) is 0.907. The Hall–Kier alpha value is -0.770. The van der Waals surface area contributed by atoms with Crippen molar-refractivity contribution in [1.82, 2.24) is 0 Å². The Morgan fingerprint density at radius 1 is 1.18 bits per heavy atom. The zero-order valence-corrected chi connectivity index (χ0v) is 11.9. The number of aliphatic hydroxyl groups excluding tert-OH is 1. The fraction of sp³-hybridized carbons (Fsp3) is 0.143. The summed E-state index contributed by atoms with van der Waals surface area (Å²) in [7, 11) is 0. The van der Waals surface area contributed by atoms with E-state index >= 15 is 0 Å². The fourth-order valence-electron chi connectivity index (χ4n) is 1.58. The maximum atomic E-state index is 9.34. The second-order valence-corrected chi connectivity index (χ2v) is 5.86. The van der Waals surface area contributed by atoms with Crippen molar-refractivity contribution in [2.75, 3.05) is 0 Å². The molecule has 0 radical (unpaired) electrons. The van der Waals surface area contributed by atoms with E-state index in [0.717, 1.165) is 14.9 Å². The van der Waals surface area contributed by atoms with Gasteiger partial charge in [-0.25, -0.2) is 0 Å². The first-order valence-corrected chi connectivity index (χ1v) is 6.94. The van der Waals surface area contributed by atoms with Crippen LogP contribution < -0.4 is 0 Å². The van der Waals surface area contributed by atoms with Gasteiger partial charge in [-0.3, -0.25) is 0 Å². The molecule has 2 rings (SSSR count). The van der Waals surface area contributed by atoms with Gasteiger partial charge >= 0.3 is 0 Å². The van der Waals surface area contributed by atoms with Gasteiger partial charge in [0.05, 0.1) is 6.61 Å². The van der Waals surface area contributed by atoms with Crippen LogP contribution in [-0.2, 0) is 6.61 Å². The Labute approximate surface area is 114 Å². The number of benzene rings is 2. The minimum absolute atomic E-state index is 0.0631. The molecule has 2 aromatic rings. The van der Waals surface area contributed by atoms with Gasteiger partial charge < -0.3 is 5.11 Å². The Morgan fingerprint density at radius 2 is 2.00 bits per heavy atom. The normalized spacial score (nSPS) is 10.5. The summed E-state index contributed by atoms with van der Waals surface area (Å²) in [5.74, 6) is 0. The van der Waals surface area contributed by atoms with Crippen LogP contribution in [-0.4, -0.2) is 5.11 Å². The van der Waals surface area contributed by atoms with Crippen LogP contribution in [0.2, 0.25) is 0 Å². The highest BCUT2D eigenvalue weighted by molar-refractivity contribution is 9.10. The molecule has 1 nitrogen and oxygen atoms in total. The first-order chi connectivity index (χ1) is 8.19. The van der Waals surface area contributed by atoms with Gasteiger partial charge in [0.25, 0.3) is 0 Å². The van der Waals surface area contributed by atoms with Gasteiger partial charge in [-0.1, -0.05) is 45.4 Å². The van der Waals surface area contributed by atoms with E-state index in [9.17, 15) is 5.11 Å². The van der Waals surface area contributed by atoms with E-state index in [-0.39, 0.29) is 6.61 Å². The lowest BCUT2D eigenvalue weighted by Crippen LogP contribution is -1.87. The highest BCUT2D eigenvalue weighted by Gasteiger charge is 2.04. The van der Waals surface area contributed by atoms with Gasteiger partial charge in [-0.2, -0.15) is 0 Å². The molecule has 17 heavy (non-hydrogen) atoms. The van der Waals surface area contributed by atoms with Crippen LogP contribution in [0.4, 0.5) is 0 Å². The van der Waals surface area contributed by atoms with Crippen molar-refractivity contribution in [3.8, 4) is 0 Å². The van der Waals surface area contributed by atoms with Crippen molar-refractivity contribution < 1.29 is 5.11 Å². The highest BCUT2D eigenvalue weighted by atomic mass is 79.9. The maximum absolute atomic E-state index is 9.34. The van der Waals surface area contributed by atoms with Gasteiger partial charge in [0.1, 0.15) is 0 Å². The van der Waals surface area contributed by atoms with Crippen LogP contribution in [0, 0.1) is 6.92 Å². The molecule has 0 aliphatic rings. The molecule has 1 N–H and O–H groups in total. The van der Waals surface area contributed by atoms with E-state index in [0.29, 0.717) is 0 Å². The van der Waals surface area contributed by atoms with Crippen LogP contribution in [0.3, 0.4) is 0 Å². The van der Waals surface area contributed by atoms with E-state index in [1.165, 1.54) is 10.5 Å². The second kappa shape index (κ2) is 5.71. The molecule has 0 unspecified atom stereocenters. The number of hydrogen-bond donors (Lipinski definition) is 1. The summed E-state index contributed by atoms with van der Waals surface area (Å²) >= 11 is 5.09. The summed E-state index contributed by atoms with van der Waals surface area (Å²) in [6.07, 6.45) is 0. The average Bonchev–Trinajstić information content (AvgIpc) is 2.31. The van der Waals surface area contributed by atoms with E-state index in [1.807, 2.05) is 18.2 Å². The highest BCUT2D eigenvalue weighted by Crippen LogP contribution is 2.32. The standard InChI is InChI=1S/C14H13BrOS/c1-10-3-2-4-13(7-10)17-14-6-5-12(15)8-11(14)9-16/h2-8,16H,9H2,1H3. The van der Waals surface area contributed by atoms with Crippen molar-refractivity contribution in [3.63, 3.8) is 0 Å². The molecule has 0 amide bonds. The molecule has 0 spiro atoms. The Morgan fingerprint density at radius 3 is 2.71 bits per heavy atom. The van der Waals surface area contributed by atoms with E-state index in [2.05, 4.69) is 47.1 Å². The first-order valence-electron chi connectivity index (χ1n) is 5.33. The molecule has 0 aromatic heterocycles. The van der Waals surface area contributed by atoms with E-state index < -0.39 is 0 Å². The minimum atomic E-state index is 0.0631. The van der Waals surface area contributed by atoms with Crippen LogP contribution in [0.25, 0.3) is 0 Å². The zero-order chi connectivity index (χ0) is 12.3. The molecular formula is C14H13BrOS. The third-order valence-electron chi connectivity index (χ3n) is 2.41. The third-order valence-corrected chi connectivity index (χ3v) is 4.01. The number of halogens is 1. The topological polar surface area (TPSA) is 20.2 Å². The molecule has 0 heterocycles. The molecule has 3 heteroatoms. The summed E-state index contributed by atoms with van der Waals surface area (Å²) in [5.41, 5.74) is 2.20. The number of aliphatic hydroxyl groups is 1. The molecule has 0 aliphatic carbocycles. The summed E-state index contributed by atoms with van der Waals surface area (Å²) < 4.78 is 0.996. The van der Waals surface area contributed by atoms with Gasteiger partial charge in [0.2, 0.25) is 0 Å². The maximum Gasteiger partial charge on any atom is 0.0693 e. The number of aryl methyl sites for hydroxylation is 1. The van der Waals surface area contributed by atoms with Crippen molar-refractivity contribution in [3.05, 3.63) is 58.1 Å². The van der Waals surface area contributed by atoms with Crippen molar-refractivity contribution in [2.45, 2.75) is 23.3 Å². The third kappa shape index (κ3) is 3.35. The molecule has 0 bridgehead atoms. The first kappa shape index (κ1) is 12.7. The van der Waals surface area contributed by atoms with Gasteiger partial charge in [-0.15, -0.1) is 0 Å². The van der Waals surface area contributed by atoms with Crippen LogP contribution in [0.1, 0.15) is 11.1 Å². The smallest absolute Gasteiger partial charge is 0.0693 e. The zero-order valence-electron chi connectivity index (χ0n) is 9.48. The molecule has 0 saturated carbocycles. The predicted octanol–water partition coefficient (Wildman–Crippen LogP) is 4.40. The lowest BCUT2D eigenvalue weighted by molar-refractivity contribution is 0.279. The molecule has 0 fully saturated rings. The fourth-order valence-corrected chi connectivity index (χ4v) is 3.02. The largest absolute Gasteiger partial charge is 0.392 e. The summed E-state index contributed by atoms with van der Waals surface area (Å²) in [4.78, 5) is 2.29. The van der Waals surface area contributed by atoms with Gasteiger partial charge in [-0.05, 0) is 42.8 Å². The molecule has 0 atom stereocenters. The van der Waals surface area contributed by atoms with Gasteiger partial charge in [0, 0.05) is 14.3 Å². The minimum Gasteiger partial charge on any atom is -0.392 e. The van der Waals surface area contributed by atoms with Crippen molar-refractivity contribution >= 4 is 27.7 Å². The monoisotopic (exact) mass is 308 g/mol. The molecule has 0 aliphatic heterocycles. The number of rotatable bonds is 3. The average molecular weight is 309 g/mol. The lowest BCUT2D eigenvalue weighted by atomic mass is 10.2. The summed E-state index contributed by atoms with van der Waals surface area (Å²) in [6, 6.07) is 14.3. The SMILES string of the molecule is Cc1cccc(Sc2ccc(Br)cc2CO)c1. The predicted molar refractivity (Wildman–Crippen MR) is 75.4 cm³/mol. The van der Waals surface area contributed by atoms with E-state index in [4.69, 9.17) is 0 Å². The summed E-state index contributed by atoms with van der Waals surface area (Å²) in [5, 5.41) is 9.34. The van der Waals surface area contributed by atoms with Crippen molar-refractivity contribution in [2.24, 2.45) is 0 Å². The van der Waals surface area contributed by atoms with Crippen LogP contribution >= 0.6 is 27.7 Å². The molecular weight excluding hydrogens is 296 g/mol. The molecule has 88 valence electrons. The molecule has 0 saturated heterocycles. The van der Waals surface area contributed by atoms with Crippen LogP contribution in [0.5, 0.6) is 0 Å². The van der Waals surface area contributed by atoms with Crippen molar-refractivity contribution in [1.29, 1.82) is 0 Å². The van der Waals surface area contributed by atoms with Crippen LogP contribution in [0.15, 0.2) is 56.7 Å². The second-order valence-electron chi connectivity index (χ2n) is 3.83. The Balaban J connectivity index is 2.29. The Kier molecular flexibility index (Phi) is 4.26. The Bertz CT molecular complexity index is 525. The molecule has 2 aromatic carbocycles. The van der Waals surface area contributed by atoms with E-state index in [1.54, 1.807) is 11.8 Å². The number of hydrogen-bond acceptors (Lipinski definition) is 2. The summed E-state index contributed by atoms with van der Waals surface area (Å²) in [6.45, 7) is 2.15. The van der Waals surface area contributed by atoms with Gasteiger partial charge in [0.15, 0.2) is 0 Å².